The van der Waals surface area contributed by atoms with E-state index in [9.17, 15) is 22.3 Å². The number of aliphatic hydroxyl groups is 1. The van der Waals surface area contributed by atoms with E-state index in [0.717, 1.165) is 5.71 Å². The van der Waals surface area contributed by atoms with Crippen LogP contribution in [0.2, 0.25) is 0 Å². The van der Waals surface area contributed by atoms with Crippen molar-refractivity contribution in [1.82, 2.24) is 0 Å². The molecule has 0 radical (unpaired) electrons. The van der Waals surface area contributed by atoms with Gasteiger partial charge in [-0.15, -0.1) is 0 Å². The van der Waals surface area contributed by atoms with E-state index in [1.807, 2.05) is 30.8 Å². The summed E-state index contributed by atoms with van der Waals surface area (Å²) >= 11 is 0. The Balaban J connectivity index is 1.84. The maximum absolute atomic E-state index is 12.7. The van der Waals surface area contributed by atoms with Gasteiger partial charge in [-0.2, -0.15) is 0 Å². The Morgan fingerprint density at radius 2 is 1.71 bits per heavy atom. The smallest absolute Gasteiger partial charge is 0.218 e. The summed E-state index contributed by atoms with van der Waals surface area (Å²) in [6, 6.07) is 0. The first-order valence-electron chi connectivity index (χ1n) is 8.70. The van der Waals surface area contributed by atoms with Crippen molar-refractivity contribution in [2.75, 3.05) is 25.6 Å². The number of aliphatic hydroxyl groups excluding tert-OH is 1. The van der Waals surface area contributed by atoms with Crippen LogP contribution in [0.4, 0.5) is 0 Å². The predicted octanol–water partition coefficient (Wildman–Crippen LogP) is 1.28. The second-order valence-corrected chi connectivity index (χ2v) is 11.5. The molecule has 2 atom stereocenters. The Kier molecular flexibility index (Phi) is 5.60. The zero-order valence-corrected chi connectivity index (χ0v) is 17.3. The zero-order chi connectivity index (χ0) is 20.5. The summed E-state index contributed by atoms with van der Waals surface area (Å²) in [6.45, 7) is 0. The average Bonchev–Trinajstić information content (AvgIpc) is 3.03. The third-order valence-corrected chi connectivity index (χ3v) is 8.93. The molecule has 3 aliphatic rings. The summed E-state index contributed by atoms with van der Waals surface area (Å²) in [4.78, 5) is 4.31. The number of sulfone groups is 1. The fourth-order valence-electron chi connectivity index (χ4n) is 3.02. The van der Waals surface area contributed by atoms with Gasteiger partial charge < -0.3 is 9.66 Å². The highest BCUT2D eigenvalue weighted by molar-refractivity contribution is 8.00. The van der Waals surface area contributed by atoms with E-state index in [0.29, 0.717) is 11.3 Å². The summed E-state index contributed by atoms with van der Waals surface area (Å²) in [5.74, 6) is -0.551. The predicted molar refractivity (Wildman–Crippen MR) is 114 cm³/mol. The largest absolute Gasteiger partial charge is 0.493 e. The summed E-state index contributed by atoms with van der Waals surface area (Å²) in [7, 11) is -2.88. The van der Waals surface area contributed by atoms with Gasteiger partial charge in [0.05, 0.1) is 37.1 Å². The van der Waals surface area contributed by atoms with E-state index in [1.165, 1.54) is 24.3 Å². The third-order valence-electron chi connectivity index (χ3n) is 4.69. The van der Waals surface area contributed by atoms with E-state index in [-0.39, 0.29) is 28.7 Å². The molecule has 2 N–H and O–H groups in total. The van der Waals surface area contributed by atoms with Crippen molar-refractivity contribution in [3.05, 3.63) is 60.1 Å². The third kappa shape index (κ3) is 4.43. The molecule has 1 unspecified atom stereocenters. The molecule has 0 saturated carbocycles. The number of allylic oxidation sites excluding steroid dienone is 9. The standard InChI is InChI=1S/C19H22N2O5S2/c1-21(2)16-7-5-15(6-8-16)20-19(22)14-3-9-17(10-4-14)28(25,26)18-11-12-27(23,24)13-18/h3-10,18H,11-13H2,1-2H3,(H,20,22)/p+1/t18-/m1/s1. The summed E-state index contributed by atoms with van der Waals surface area (Å²) in [6.07, 6.45) is 13.4. The quantitative estimate of drug-likeness (QED) is 0.301. The van der Waals surface area contributed by atoms with Gasteiger partial charge >= 0.3 is 0 Å². The van der Waals surface area contributed by atoms with Crippen LogP contribution in [0.25, 0.3) is 0 Å². The van der Waals surface area contributed by atoms with E-state index < -0.39 is 24.9 Å². The maximum Gasteiger partial charge on any atom is 0.218 e. The van der Waals surface area contributed by atoms with Crippen LogP contribution in [-0.4, -0.2) is 74.0 Å². The Bertz CT molecular complexity index is 1100. The van der Waals surface area contributed by atoms with E-state index in [4.69, 9.17) is 0 Å². The minimum absolute atomic E-state index is 0.0621. The van der Waals surface area contributed by atoms with Crippen LogP contribution >= 0.6 is 0 Å². The molecule has 2 aliphatic carbocycles. The number of rotatable bonds is 2. The van der Waals surface area contributed by atoms with Gasteiger partial charge in [-0.3, -0.25) is 0 Å². The highest BCUT2D eigenvalue weighted by atomic mass is 32.2. The van der Waals surface area contributed by atoms with Crippen molar-refractivity contribution < 1.29 is 26.9 Å². The van der Waals surface area contributed by atoms with Gasteiger partial charge in [0.1, 0.15) is 14.1 Å². The van der Waals surface area contributed by atoms with E-state index in [1.54, 1.807) is 12.2 Å². The molecule has 9 heteroatoms. The molecular weight excluding hydrogens is 400 g/mol. The molecule has 1 aliphatic heterocycles. The SMILES string of the molecule is C[N+](C)=C1C=CC(=NC(O)=C2C=CC(=S(=O)(O)[C@@H]3CCS(=O)(=O)C3)C=C2)C=C1. The summed E-state index contributed by atoms with van der Waals surface area (Å²) in [5.41, 5.74) is 1.98. The van der Waals surface area contributed by atoms with Gasteiger partial charge in [0.15, 0.2) is 15.5 Å². The van der Waals surface area contributed by atoms with Crippen molar-refractivity contribution >= 4 is 35.9 Å². The number of hydrogen-bond donors (Lipinski definition) is 2. The van der Waals surface area contributed by atoms with Gasteiger partial charge in [0.2, 0.25) is 5.88 Å². The Labute approximate surface area is 165 Å². The molecule has 150 valence electrons. The summed E-state index contributed by atoms with van der Waals surface area (Å²) in [5, 5.41) is 9.45. The average molecular weight is 424 g/mol. The highest BCUT2D eigenvalue weighted by Crippen LogP contribution is 2.22. The van der Waals surface area contributed by atoms with Crippen LogP contribution < -0.4 is 0 Å². The normalized spacial score (nSPS) is 25.2. The Morgan fingerprint density at radius 1 is 1.11 bits per heavy atom. The molecule has 1 fully saturated rings. The van der Waals surface area contributed by atoms with Gasteiger partial charge in [-0.25, -0.2) is 22.2 Å². The molecule has 1 saturated heterocycles. The van der Waals surface area contributed by atoms with Crippen molar-refractivity contribution in [2.24, 2.45) is 4.99 Å². The monoisotopic (exact) mass is 423 g/mol. The molecule has 0 spiro atoms. The molecule has 0 aromatic rings. The molecule has 28 heavy (non-hydrogen) atoms. The molecular formula is C19H23N2O5S2+. The Morgan fingerprint density at radius 3 is 2.21 bits per heavy atom. The van der Waals surface area contributed by atoms with Gasteiger partial charge in [-0.05, 0) is 42.9 Å². The molecule has 7 nitrogen and oxygen atoms in total. The topological polar surface area (TPSA) is 107 Å². The lowest BCUT2D eigenvalue weighted by Gasteiger charge is -2.15. The first kappa shape index (κ1) is 20.5. The van der Waals surface area contributed by atoms with Crippen molar-refractivity contribution in [2.45, 2.75) is 11.7 Å². The second kappa shape index (κ2) is 7.65. The van der Waals surface area contributed by atoms with Gasteiger partial charge in [-0.1, -0.05) is 0 Å². The van der Waals surface area contributed by atoms with Crippen LogP contribution in [0.3, 0.4) is 0 Å². The van der Waals surface area contributed by atoms with Gasteiger partial charge in [0.25, 0.3) is 0 Å². The van der Waals surface area contributed by atoms with Crippen LogP contribution in [0.5, 0.6) is 0 Å². The van der Waals surface area contributed by atoms with Crippen molar-refractivity contribution in [3.63, 3.8) is 0 Å². The molecule has 0 aromatic heterocycles. The molecule has 0 bridgehead atoms. The fraction of sp³-hybridized carbons (Fsp3) is 0.316. The number of aliphatic imine (C=N–C) groups is 1. The van der Waals surface area contributed by atoms with Crippen LogP contribution in [0.1, 0.15) is 6.42 Å². The lowest BCUT2D eigenvalue weighted by Crippen LogP contribution is -2.27. The lowest BCUT2D eigenvalue weighted by molar-refractivity contribution is -0.462. The van der Waals surface area contributed by atoms with Crippen molar-refractivity contribution in [1.29, 1.82) is 0 Å². The summed E-state index contributed by atoms with van der Waals surface area (Å²) < 4.78 is 48.3. The minimum Gasteiger partial charge on any atom is -0.493 e. The van der Waals surface area contributed by atoms with E-state index in [2.05, 4.69) is 4.99 Å². The van der Waals surface area contributed by atoms with Crippen LogP contribution in [0, 0.1) is 0 Å². The van der Waals surface area contributed by atoms with E-state index >= 15 is 0 Å². The van der Waals surface area contributed by atoms with Gasteiger partial charge in [0, 0.05) is 17.7 Å². The molecule has 1 heterocycles. The fourth-order valence-corrected chi connectivity index (χ4v) is 7.42. The zero-order valence-electron chi connectivity index (χ0n) is 15.6. The molecule has 0 aromatic carbocycles. The maximum atomic E-state index is 12.7. The highest BCUT2D eigenvalue weighted by Gasteiger charge is 2.35. The lowest BCUT2D eigenvalue weighted by atomic mass is 10.1. The Hall–Kier alpha value is -2.23. The number of hydrogen-bond acceptors (Lipinski definition) is 5. The second-order valence-electron chi connectivity index (χ2n) is 6.96. The minimum atomic E-state index is -3.48. The molecule has 0 amide bonds. The first-order chi connectivity index (χ1) is 13.1. The molecule has 3 rings (SSSR count). The van der Waals surface area contributed by atoms with Crippen LogP contribution in [0.15, 0.2) is 65.1 Å². The van der Waals surface area contributed by atoms with Crippen LogP contribution in [-0.2, 0) is 19.6 Å². The first-order valence-corrected chi connectivity index (χ1v) is 12.1. The van der Waals surface area contributed by atoms with Crippen molar-refractivity contribution in [3.8, 4) is 0 Å². The number of nitrogens with zero attached hydrogens (tertiary/aromatic N) is 2.